The van der Waals surface area contributed by atoms with Crippen molar-refractivity contribution in [1.29, 1.82) is 0 Å². The van der Waals surface area contributed by atoms with Crippen LogP contribution in [-0.2, 0) is 32.1 Å². The molecule has 0 saturated heterocycles. The molecule has 22 heavy (non-hydrogen) atoms. The highest BCUT2D eigenvalue weighted by Gasteiger charge is 2.19. The van der Waals surface area contributed by atoms with Crippen molar-refractivity contribution >= 4 is 0 Å². The second-order valence-corrected chi connectivity index (χ2v) is 6.62. The van der Waals surface area contributed by atoms with E-state index in [-0.39, 0.29) is 0 Å². The van der Waals surface area contributed by atoms with Crippen molar-refractivity contribution < 1.29 is 0 Å². The topological polar surface area (TPSA) is 0 Å². The molecule has 0 saturated carbocycles. The molecule has 0 heterocycles. The van der Waals surface area contributed by atoms with E-state index in [1.165, 1.54) is 69.8 Å². The van der Waals surface area contributed by atoms with E-state index >= 15 is 0 Å². The van der Waals surface area contributed by atoms with Crippen molar-refractivity contribution in [3.8, 4) is 0 Å². The summed E-state index contributed by atoms with van der Waals surface area (Å²) < 4.78 is 0. The van der Waals surface area contributed by atoms with Gasteiger partial charge in [0.25, 0.3) is 0 Å². The number of hydrogen-bond acceptors (Lipinski definition) is 0. The predicted molar refractivity (Wildman–Crippen MR) is 101 cm³/mol. The molecule has 0 heteroatoms. The zero-order valence-corrected chi connectivity index (χ0v) is 15.8. The summed E-state index contributed by atoms with van der Waals surface area (Å²) in [5.41, 5.74) is 9.60. The molecular formula is C22H37. The molecule has 0 unspecified atom stereocenters. The maximum atomic E-state index is 4.54. The van der Waals surface area contributed by atoms with Gasteiger partial charge in [-0.2, -0.15) is 0 Å². The molecule has 1 rings (SSSR count). The first-order chi connectivity index (χ1) is 10.7. The second kappa shape index (κ2) is 10.1. The summed E-state index contributed by atoms with van der Waals surface area (Å²) in [5.74, 6) is 0. The first-order valence-corrected chi connectivity index (χ1v) is 9.66. The van der Waals surface area contributed by atoms with Crippen molar-refractivity contribution in [2.24, 2.45) is 0 Å². The minimum Gasteiger partial charge on any atom is -0.0651 e. The Labute approximate surface area is 139 Å². The van der Waals surface area contributed by atoms with Gasteiger partial charge in [-0.1, -0.05) is 66.7 Å². The molecule has 0 aromatic heterocycles. The van der Waals surface area contributed by atoms with Gasteiger partial charge >= 0.3 is 0 Å². The lowest BCUT2D eigenvalue weighted by molar-refractivity contribution is 0.776. The van der Waals surface area contributed by atoms with Gasteiger partial charge in [0.1, 0.15) is 0 Å². The van der Waals surface area contributed by atoms with Crippen LogP contribution in [0.1, 0.15) is 100 Å². The van der Waals surface area contributed by atoms with Gasteiger partial charge < -0.3 is 0 Å². The van der Waals surface area contributed by atoms with Crippen molar-refractivity contribution in [2.75, 3.05) is 0 Å². The molecule has 0 bridgehead atoms. The fourth-order valence-electron chi connectivity index (χ4n) is 3.85. The van der Waals surface area contributed by atoms with E-state index in [0.29, 0.717) is 0 Å². The van der Waals surface area contributed by atoms with Crippen LogP contribution in [0.2, 0.25) is 0 Å². The van der Waals surface area contributed by atoms with Crippen LogP contribution < -0.4 is 0 Å². The van der Waals surface area contributed by atoms with E-state index < -0.39 is 0 Å². The molecule has 0 aliphatic heterocycles. The standard InChI is InChI=1S/C22H37/c1-7-12-18-17(6)19(13-8-2)21(15-10-4)22(16-11-5)20(18)14-9-3/h6-16H2,1-5H3. The summed E-state index contributed by atoms with van der Waals surface area (Å²) in [7, 11) is 0. The molecule has 0 N–H and O–H groups in total. The molecule has 1 aromatic carbocycles. The van der Waals surface area contributed by atoms with E-state index in [0.717, 1.165) is 0 Å². The van der Waals surface area contributed by atoms with Crippen LogP contribution in [0.4, 0.5) is 0 Å². The van der Waals surface area contributed by atoms with Crippen molar-refractivity contribution in [3.05, 3.63) is 40.3 Å². The Bertz CT molecular complexity index is 417. The van der Waals surface area contributed by atoms with Gasteiger partial charge in [-0.3, -0.25) is 0 Å². The summed E-state index contributed by atoms with van der Waals surface area (Å²) in [4.78, 5) is 0. The van der Waals surface area contributed by atoms with Crippen LogP contribution in [0.3, 0.4) is 0 Å². The van der Waals surface area contributed by atoms with Crippen LogP contribution in [-0.4, -0.2) is 0 Å². The lowest BCUT2D eigenvalue weighted by Crippen LogP contribution is -2.12. The molecule has 0 atom stereocenters. The Balaban J connectivity index is 3.62. The lowest BCUT2D eigenvalue weighted by atomic mass is 9.80. The average Bonchev–Trinajstić information content (AvgIpc) is 2.51. The summed E-state index contributed by atoms with van der Waals surface area (Å²) >= 11 is 0. The second-order valence-electron chi connectivity index (χ2n) is 6.62. The Kier molecular flexibility index (Phi) is 8.83. The third-order valence-electron chi connectivity index (χ3n) is 4.69. The lowest BCUT2D eigenvalue weighted by Gasteiger charge is -2.25. The van der Waals surface area contributed by atoms with Crippen LogP contribution in [0.15, 0.2) is 0 Å². The maximum Gasteiger partial charge on any atom is -0.0232 e. The van der Waals surface area contributed by atoms with Crippen molar-refractivity contribution in [1.82, 2.24) is 0 Å². The van der Waals surface area contributed by atoms with Gasteiger partial charge in [-0.25, -0.2) is 0 Å². The molecule has 1 radical (unpaired) electrons. The van der Waals surface area contributed by atoms with E-state index in [4.69, 9.17) is 0 Å². The monoisotopic (exact) mass is 301 g/mol. The zero-order chi connectivity index (χ0) is 16.5. The normalized spacial score (nSPS) is 11.2. The van der Waals surface area contributed by atoms with Crippen molar-refractivity contribution in [2.45, 2.75) is 98.8 Å². The molecule has 1 aromatic rings. The third kappa shape index (κ3) is 4.37. The van der Waals surface area contributed by atoms with Gasteiger partial charge in [0.05, 0.1) is 0 Å². The maximum absolute atomic E-state index is 4.54. The number of hydrogen-bond donors (Lipinski definition) is 0. The molecule has 0 aliphatic carbocycles. The van der Waals surface area contributed by atoms with Gasteiger partial charge in [0, 0.05) is 0 Å². The van der Waals surface area contributed by atoms with Gasteiger partial charge in [-0.05, 0) is 72.4 Å². The Morgan fingerprint density at radius 3 is 0.955 bits per heavy atom. The van der Waals surface area contributed by atoms with E-state index in [1.54, 1.807) is 27.8 Å². The minimum absolute atomic E-state index is 1.20. The van der Waals surface area contributed by atoms with E-state index in [9.17, 15) is 0 Å². The highest BCUT2D eigenvalue weighted by Crippen LogP contribution is 2.33. The molecule has 0 nitrogen and oxygen atoms in total. The number of benzene rings is 1. The van der Waals surface area contributed by atoms with E-state index in [1.807, 2.05) is 0 Å². The Morgan fingerprint density at radius 1 is 0.455 bits per heavy atom. The van der Waals surface area contributed by atoms with Gasteiger partial charge in [0.15, 0.2) is 0 Å². The molecule has 125 valence electrons. The third-order valence-corrected chi connectivity index (χ3v) is 4.69. The molecule has 0 aliphatic rings. The van der Waals surface area contributed by atoms with Crippen molar-refractivity contribution in [3.63, 3.8) is 0 Å². The summed E-state index contributed by atoms with van der Waals surface area (Å²) in [5, 5.41) is 0. The first kappa shape index (κ1) is 19.3. The van der Waals surface area contributed by atoms with Crippen LogP contribution in [0, 0.1) is 6.92 Å². The largest absolute Gasteiger partial charge is 0.0651 e. The molecule has 0 fully saturated rings. The predicted octanol–water partition coefficient (Wildman–Crippen LogP) is 6.63. The Hall–Kier alpha value is -0.780. The van der Waals surface area contributed by atoms with Gasteiger partial charge in [0.2, 0.25) is 0 Å². The average molecular weight is 302 g/mol. The smallest absolute Gasteiger partial charge is 0.0232 e. The highest BCUT2D eigenvalue weighted by atomic mass is 14.2. The molecule has 0 amide bonds. The zero-order valence-electron chi connectivity index (χ0n) is 15.8. The van der Waals surface area contributed by atoms with Crippen LogP contribution in [0.5, 0.6) is 0 Å². The summed E-state index contributed by atoms with van der Waals surface area (Å²) in [6.07, 6.45) is 12.3. The highest BCUT2D eigenvalue weighted by molar-refractivity contribution is 5.54. The van der Waals surface area contributed by atoms with Crippen LogP contribution in [0.25, 0.3) is 0 Å². The SMILES string of the molecule is [CH2]c1c(CCC)c(CCC)c(CCC)c(CCC)c1CCC. The fourth-order valence-corrected chi connectivity index (χ4v) is 3.85. The fraction of sp³-hybridized carbons (Fsp3) is 0.682. The first-order valence-electron chi connectivity index (χ1n) is 9.66. The van der Waals surface area contributed by atoms with Crippen LogP contribution >= 0.6 is 0 Å². The Morgan fingerprint density at radius 2 is 0.682 bits per heavy atom. The van der Waals surface area contributed by atoms with E-state index in [2.05, 4.69) is 41.5 Å². The molecule has 0 spiro atoms. The number of rotatable bonds is 10. The molecular weight excluding hydrogens is 264 g/mol. The quantitative estimate of drug-likeness (QED) is 0.455. The summed E-state index contributed by atoms with van der Waals surface area (Å²) in [6.45, 7) is 16.1. The summed E-state index contributed by atoms with van der Waals surface area (Å²) in [6, 6.07) is 0. The van der Waals surface area contributed by atoms with Gasteiger partial charge in [-0.15, -0.1) is 0 Å². The minimum atomic E-state index is 1.20.